The maximum atomic E-state index is 4.20. The molecule has 0 heterocycles. The fourth-order valence-electron chi connectivity index (χ4n) is 1.38. The van der Waals surface area contributed by atoms with Gasteiger partial charge >= 0.3 is 0 Å². The number of anilines is 1. The Balaban J connectivity index is 2.03. The van der Waals surface area contributed by atoms with Gasteiger partial charge in [0, 0.05) is 10.0 Å². The van der Waals surface area contributed by atoms with E-state index >= 15 is 0 Å². The Morgan fingerprint density at radius 2 is 1.76 bits per heavy atom. The van der Waals surface area contributed by atoms with Crippen molar-refractivity contribution in [3.05, 3.63) is 64.1 Å². The minimum Gasteiger partial charge on any atom is -0.279 e. The fourth-order valence-corrected chi connectivity index (χ4v) is 1.77. The van der Waals surface area contributed by atoms with E-state index in [4.69, 9.17) is 0 Å². The second kappa shape index (κ2) is 5.64. The van der Waals surface area contributed by atoms with Crippen LogP contribution in [0.3, 0.4) is 0 Å². The zero-order chi connectivity index (χ0) is 12.1. The summed E-state index contributed by atoms with van der Waals surface area (Å²) in [6.07, 6.45) is 1.80. The molecular weight excluding hydrogens is 276 g/mol. The van der Waals surface area contributed by atoms with Crippen LogP contribution in [0.2, 0.25) is 0 Å². The third-order valence-electron chi connectivity index (χ3n) is 2.35. The molecule has 17 heavy (non-hydrogen) atoms. The predicted molar refractivity (Wildman–Crippen MR) is 76.5 cm³/mol. The molecule has 2 aromatic carbocycles. The van der Waals surface area contributed by atoms with E-state index in [1.165, 1.54) is 5.56 Å². The Kier molecular flexibility index (Phi) is 3.94. The smallest absolute Gasteiger partial charge is 0.0561 e. The standard InChI is InChI=1S/C14H13BrN2/c1-11-6-8-13(9-7-11)17-16-10-12-4-2-3-5-14(12)15/h2-10,17H,1H3/b16-10-. The van der Waals surface area contributed by atoms with Crippen molar-refractivity contribution >= 4 is 27.8 Å². The molecule has 0 aliphatic heterocycles. The Bertz CT molecular complexity index is 518. The Hall–Kier alpha value is -1.61. The highest BCUT2D eigenvalue weighted by Crippen LogP contribution is 2.14. The van der Waals surface area contributed by atoms with Gasteiger partial charge < -0.3 is 0 Å². The van der Waals surface area contributed by atoms with Crippen molar-refractivity contribution in [2.45, 2.75) is 6.92 Å². The van der Waals surface area contributed by atoms with E-state index in [0.717, 1.165) is 15.7 Å². The minimum absolute atomic E-state index is 0.985. The third-order valence-corrected chi connectivity index (χ3v) is 3.08. The van der Waals surface area contributed by atoms with Gasteiger partial charge in [0.05, 0.1) is 11.9 Å². The molecule has 0 saturated heterocycles. The molecule has 0 saturated carbocycles. The zero-order valence-electron chi connectivity index (χ0n) is 9.52. The van der Waals surface area contributed by atoms with E-state index in [2.05, 4.69) is 45.5 Å². The number of hydrogen-bond donors (Lipinski definition) is 1. The largest absolute Gasteiger partial charge is 0.279 e. The van der Waals surface area contributed by atoms with Crippen LogP contribution in [0.15, 0.2) is 58.1 Å². The first-order chi connectivity index (χ1) is 8.25. The molecule has 2 rings (SSSR count). The van der Waals surface area contributed by atoms with Crippen molar-refractivity contribution in [2.24, 2.45) is 5.10 Å². The normalized spacial score (nSPS) is 10.7. The predicted octanol–water partition coefficient (Wildman–Crippen LogP) is 4.20. The first-order valence-corrected chi connectivity index (χ1v) is 6.15. The van der Waals surface area contributed by atoms with E-state index in [0.29, 0.717) is 0 Å². The van der Waals surface area contributed by atoms with Gasteiger partial charge in [0.2, 0.25) is 0 Å². The number of rotatable bonds is 3. The molecule has 0 aromatic heterocycles. The topological polar surface area (TPSA) is 24.4 Å². The second-order valence-electron chi connectivity index (χ2n) is 3.76. The Morgan fingerprint density at radius 3 is 2.47 bits per heavy atom. The van der Waals surface area contributed by atoms with Crippen molar-refractivity contribution in [2.75, 3.05) is 5.43 Å². The van der Waals surface area contributed by atoms with Crippen LogP contribution >= 0.6 is 15.9 Å². The lowest BCUT2D eigenvalue weighted by atomic mass is 10.2. The first kappa shape index (κ1) is 11.9. The molecule has 0 aliphatic rings. The highest BCUT2D eigenvalue weighted by Gasteiger charge is 1.93. The molecule has 1 N–H and O–H groups in total. The summed E-state index contributed by atoms with van der Waals surface area (Å²) in [5.74, 6) is 0. The molecule has 0 fully saturated rings. The summed E-state index contributed by atoms with van der Waals surface area (Å²) in [5, 5.41) is 4.20. The highest BCUT2D eigenvalue weighted by molar-refractivity contribution is 9.10. The number of hydrazone groups is 1. The zero-order valence-corrected chi connectivity index (χ0v) is 11.1. The monoisotopic (exact) mass is 288 g/mol. The highest BCUT2D eigenvalue weighted by atomic mass is 79.9. The van der Waals surface area contributed by atoms with Gasteiger partial charge in [-0.05, 0) is 25.1 Å². The van der Waals surface area contributed by atoms with Gasteiger partial charge in [-0.25, -0.2) is 0 Å². The lowest BCUT2D eigenvalue weighted by Crippen LogP contribution is -1.91. The Labute approximate surface area is 110 Å². The van der Waals surface area contributed by atoms with E-state index in [1.54, 1.807) is 6.21 Å². The van der Waals surface area contributed by atoms with Crippen molar-refractivity contribution in [1.82, 2.24) is 0 Å². The fraction of sp³-hybridized carbons (Fsp3) is 0.0714. The van der Waals surface area contributed by atoms with Crippen molar-refractivity contribution in [1.29, 1.82) is 0 Å². The maximum Gasteiger partial charge on any atom is 0.0561 e. The van der Waals surface area contributed by atoms with Crippen LogP contribution in [0.5, 0.6) is 0 Å². The Morgan fingerprint density at radius 1 is 1.06 bits per heavy atom. The average molecular weight is 289 g/mol. The summed E-state index contributed by atoms with van der Waals surface area (Å²) in [7, 11) is 0. The minimum atomic E-state index is 0.985. The van der Waals surface area contributed by atoms with Crippen molar-refractivity contribution < 1.29 is 0 Å². The summed E-state index contributed by atoms with van der Waals surface area (Å²) in [4.78, 5) is 0. The van der Waals surface area contributed by atoms with Gasteiger partial charge in [-0.15, -0.1) is 0 Å². The van der Waals surface area contributed by atoms with E-state index in [-0.39, 0.29) is 0 Å². The van der Waals surface area contributed by atoms with Crippen molar-refractivity contribution in [3.8, 4) is 0 Å². The summed E-state index contributed by atoms with van der Waals surface area (Å²) in [6, 6.07) is 16.1. The third kappa shape index (κ3) is 3.43. The van der Waals surface area contributed by atoms with Gasteiger partial charge in [-0.2, -0.15) is 5.10 Å². The summed E-state index contributed by atoms with van der Waals surface area (Å²) >= 11 is 3.47. The SMILES string of the molecule is Cc1ccc(N/N=C\c2ccccc2Br)cc1. The van der Waals surface area contributed by atoms with Crippen LogP contribution in [0.4, 0.5) is 5.69 Å². The van der Waals surface area contributed by atoms with Gasteiger partial charge in [-0.3, -0.25) is 5.43 Å². The molecule has 2 aromatic rings. The molecule has 0 aliphatic carbocycles. The van der Waals surface area contributed by atoms with Crippen LogP contribution in [0.25, 0.3) is 0 Å². The maximum absolute atomic E-state index is 4.20. The van der Waals surface area contributed by atoms with Crippen LogP contribution < -0.4 is 5.43 Å². The van der Waals surface area contributed by atoms with Crippen LogP contribution in [-0.4, -0.2) is 6.21 Å². The molecule has 0 spiro atoms. The molecule has 0 amide bonds. The number of halogens is 1. The van der Waals surface area contributed by atoms with E-state index < -0.39 is 0 Å². The lowest BCUT2D eigenvalue weighted by molar-refractivity contribution is 1.33. The quantitative estimate of drug-likeness (QED) is 0.664. The number of nitrogens with zero attached hydrogens (tertiary/aromatic N) is 1. The van der Waals surface area contributed by atoms with Crippen LogP contribution in [-0.2, 0) is 0 Å². The summed E-state index contributed by atoms with van der Waals surface area (Å²) in [5.41, 5.74) is 6.27. The number of nitrogens with one attached hydrogen (secondary N) is 1. The van der Waals surface area contributed by atoms with Crippen LogP contribution in [0.1, 0.15) is 11.1 Å². The molecule has 0 unspecified atom stereocenters. The molecular formula is C14H13BrN2. The molecule has 2 nitrogen and oxygen atoms in total. The van der Waals surface area contributed by atoms with Gasteiger partial charge in [0.1, 0.15) is 0 Å². The number of aryl methyl sites for hydroxylation is 1. The second-order valence-corrected chi connectivity index (χ2v) is 4.61. The average Bonchev–Trinajstić information content (AvgIpc) is 2.34. The van der Waals surface area contributed by atoms with E-state index in [1.807, 2.05) is 36.4 Å². The summed E-state index contributed by atoms with van der Waals surface area (Å²) < 4.78 is 1.04. The molecule has 86 valence electrons. The van der Waals surface area contributed by atoms with Crippen LogP contribution in [0, 0.1) is 6.92 Å². The number of benzene rings is 2. The van der Waals surface area contributed by atoms with Gasteiger partial charge in [-0.1, -0.05) is 51.8 Å². The first-order valence-electron chi connectivity index (χ1n) is 5.36. The van der Waals surface area contributed by atoms with Gasteiger partial charge in [0.15, 0.2) is 0 Å². The molecule has 0 radical (unpaired) electrons. The molecule has 0 bridgehead atoms. The summed E-state index contributed by atoms with van der Waals surface area (Å²) in [6.45, 7) is 2.06. The molecule has 0 atom stereocenters. The van der Waals surface area contributed by atoms with Crippen molar-refractivity contribution in [3.63, 3.8) is 0 Å². The van der Waals surface area contributed by atoms with E-state index in [9.17, 15) is 0 Å². The van der Waals surface area contributed by atoms with Gasteiger partial charge in [0.25, 0.3) is 0 Å². The number of hydrogen-bond acceptors (Lipinski definition) is 2. The lowest BCUT2D eigenvalue weighted by Gasteiger charge is -2.01. The molecule has 3 heteroatoms.